The lowest BCUT2D eigenvalue weighted by Gasteiger charge is -2.08. The molecule has 0 spiro atoms. The molecule has 2 rings (SSSR count). The first-order valence-corrected chi connectivity index (χ1v) is 5.25. The highest BCUT2D eigenvalue weighted by atomic mass is 16.5. The molecule has 0 radical (unpaired) electrons. The van der Waals surface area contributed by atoms with Gasteiger partial charge in [0.15, 0.2) is 0 Å². The summed E-state index contributed by atoms with van der Waals surface area (Å²) in [4.78, 5) is 7.30. The Bertz CT molecular complexity index is 508. The van der Waals surface area contributed by atoms with Gasteiger partial charge in [-0.1, -0.05) is 0 Å². The maximum absolute atomic E-state index is 5.52. The molecular weight excluding hydrogens is 218 g/mol. The lowest BCUT2D eigenvalue weighted by atomic mass is 10.1. The number of H-pyrrole nitrogens is 1. The second-order valence-electron chi connectivity index (χ2n) is 3.51. The minimum absolute atomic E-state index is 0.381. The number of aromatic nitrogens is 2. The highest BCUT2D eigenvalue weighted by Crippen LogP contribution is 2.32. The van der Waals surface area contributed by atoms with E-state index in [1.165, 1.54) is 0 Å². The summed E-state index contributed by atoms with van der Waals surface area (Å²) in [6.07, 6.45) is 1.74. The van der Waals surface area contributed by atoms with Crippen LogP contribution in [0, 0.1) is 0 Å². The molecule has 17 heavy (non-hydrogen) atoms. The molecule has 0 aliphatic rings. The Morgan fingerprint density at radius 2 is 2.12 bits per heavy atom. The van der Waals surface area contributed by atoms with Crippen molar-refractivity contribution in [2.45, 2.75) is 6.54 Å². The molecule has 1 heterocycles. The van der Waals surface area contributed by atoms with Gasteiger partial charge in [-0.2, -0.15) is 0 Å². The zero-order valence-electron chi connectivity index (χ0n) is 9.86. The minimum atomic E-state index is 0.381. The van der Waals surface area contributed by atoms with Crippen LogP contribution in [0.15, 0.2) is 24.4 Å². The third-order valence-corrected chi connectivity index (χ3v) is 2.52. The zero-order chi connectivity index (χ0) is 12.3. The molecule has 0 fully saturated rings. The predicted molar refractivity (Wildman–Crippen MR) is 65.0 cm³/mol. The van der Waals surface area contributed by atoms with Gasteiger partial charge in [-0.3, -0.25) is 0 Å². The number of methoxy groups -OCH3 is 2. The Morgan fingerprint density at radius 1 is 1.29 bits per heavy atom. The van der Waals surface area contributed by atoms with E-state index in [2.05, 4.69) is 9.97 Å². The lowest BCUT2D eigenvalue weighted by molar-refractivity contribution is 0.404. The summed E-state index contributed by atoms with van der Waals surface area (Å²) in [5, 5.41) is 0. The van der Waals surface area contributed by atoms with E-state index in [1.54, 1.807) is 20.4 Å². The summed E-state index contributed by atoms with van der Waals surface area (Å²) in [7, 11) is 3.26. The van der Waals surface area contributed by atoms with E-state index in [4.69, 9.17) is 15.2 Å². The number of aromatic amines is 1. The van der Waals surface area contributed by atoms with Crippen LogP contribution in [-0.4, -0.2) is 24.2 Å². The molecule has 1 aromatic heterocycles. The van der Waals surface area contributed by atoms with Crippen molar-refractivity contribution in [1.29, 1.82) is 0 Å². The molecule has 5 heteroatoms. The Morgan fingerprint density at radius 3 is 2.71 bits per heavy atom. The van der Waals surface area contributed by atoms with Gasteiger partial charge in [-0.05, 0) is 18.2 Å². The van der Waals surface area contributed by atoms with Gasteiger partial charge < -0.3 is 20.2 Å². The smallest absolute Gasteiger partial charge is 0.128 e. The lowest BCUT2D eigenvalue weighted by Crippen LogP contribution is -1.98. The largest absolute Gasteiger partial charge is 0.497 e. The van der Waals surface area contributed by atoms with Crippen LogP contribution >= 0.6 is 0 Å². The number of rotatable bonds is 4. The second-order valence-corrected chi connectivity index (χ2v) is 3.51. The average molecular weight is 233 g/mol. The first kappa shape index (κ1) is 11.5. The van der Waals surface area contributed by atoms with Crippen molar-refractivity contribution in [2.75, 3.05) is 14.2 Å². The monoisotopic (exact) mass is 233 g/mol. The second kappa shape index (κ2) is 4.88. The van der Waals surface area contributed by atoms with Crippen molar-refractivity contribution in [3.05, 3.63) is 30.2 Å². The fourth-order valence-corrected chi connectivity index (χ4v) is 1.63. The van der Waals surface area contributed by atoms with E-state index < -0.39 is 0 Å². The van der Waals surface area contributed by atoms with Crippen molar-refractivity contribution >= 4 is 0 Å². The van der Waals surface area contributed by atoms with Crippen LogP contribution in [0.2, 0.25) is 0 Å². The molecule has 0 unspecified atom stereocenters. The Balaban J connectivity index is 2.47. The quantitative estimate of drug-likeness (QED) is 0.840. The SMILES string of the molecule is COc1ccc(OC)c(-c2cnc(CN)[nH]2)c1. The maximum atomic E-state index is 5.52. The summed E-state index contributed by atoms with van der Waals surface area (Å²) in [5.41, 5.74) is 7.28. The molecule has 0 bridgehead atoms. The van der Waals surface area contributed by atoms with Crippen LogP contribution in [0.3, 0.4) is 0 Å². The summed E-state index contributed by atoms with van der Waals surface area (Å²) < 4.78 is 10.5. The molecule has 0 atom stereocenters. The highest BCUT2D eigenvalue weighted by Gasteiger charge is 2.10. The summed E-state index contributed by atoms with van der Waals surface area (Å²) >= 11 is 0. The van der Waals surface area contributed by atoms with E-state index in [-0.39, 0.29) is 0 Å². The highest BCUT2D eigenvalue weighted by molar-refractivity contribution is 5.68. The van der Waals surface area contributed by atoms with Crippen LogP contribution in [0.5, 0.6) is 11.5 Å². The van der Waals surface area contributed by atoms with Crippen LogP contribution in [0.25, 0.3) is 11.3 Å². The Kier molecular flexibility index (Phi) is 3.30. The van der Waals surface area contributed by atoms with Gasteiger partial charge in [0.1, 0.15) is 17.3 Å². The van der Waals surface area contributed by atoms with E-state index >= 15 is 0 Å². The molecule has 0 saturated carbocycles. The molecular formula is C12H15N3O2. The van der Waals surface area contributed by atoms with Gasteiger partial charge in [-0.25, -0.2) is 4.98 Å². The predicted octanol–water partition coefficient (Wildman–Crippen LogP) is 1.55. The number of hydrogen-bond acceptors (Lipinski definition) is 4. The van der Waals surface area contributed by atoms with Crippen LogP contribution in [-0.2, 0) is 6.54 Å². The molecule has 0 saturated heterocycles. The van der Waals surface area contributed by atoms with Crippen molar-refractivity contribution < 1.29 is 9.47 Å². The number of ether oxygens (including phenoxy) is 2. The maximum Gasteiger partial charge on any atom is 0.128 e. The Labute approximate surface area is 99.6 Å². The van der Waals surface area contributed by atoms with E-state index in [0.717, 1.165) is 28.6 Å². The molecule has 0 aliphatic heterocycles. The third kappa shape index (κ3) is 2.24. The van der Waals surface area contributed by atoms with Crippen molar-refractivity contribution in [3.8, 4) is 22.8 Å². The van der Waals surface area contributed by atoms with E-state index in [1.807, 2.05) is 18.2 Å². The van der Waals surface area contributed by atoms with Crippen molar-refractivity contribution in [3.63, 3.8) is 0 Å². The van der Waals surface area contributed by atoms with Crippen molar-refractivity contribution in [1.82, 2.24) is 9.97 Å². The molecule has 3 N–H and O–H groups in total. The Hall–Kier alpha value is -2.01. The van der Waals surface area contributed by atoms with Crippen molar-refractivity contribution in [2.24, 2.45) is 5.73 Å². The number of hydrogen-bond donors (Lipinski definition) is 2. The van der Waals surface area contributed by atoms with Gasteiger partial charge in [0.2, 0.25) is 0 Å². The zero-order valence-corrected chi connectivity index (χ0v) is 9.86. The number of nitrogens with zero attached hydrogens (tertiary/aromatic N) is 1. The van der Waals surface area contributed by atoms with Gasteiger partial charge in [0.05, 0.1) is 32.7 Å². The van der Waals surface area contributed by atoms with Crippen LogP contribution < -0.4 is 15.2 Å². The summed E-state index contributed by atoms with van der Waals surface area (Å²) in [6, 6.07) is 5.60. The van der Waals surface area contributed by atoms with E-state index in [0.29, 0.717) is 6.54 Å². The standard InChI is InChI=1S/C12H15N3O2/c1-16-8-3-4-11(17-2)9(5-8)10-7-14-12(6-13)15-10/h3-5,7H,6,13H2,1-2H3,(H,14,15). The minimum Gasteiger partial charge on any atom is -0.497 e. The number of nitrogens with one attached hydrogen (secondary N) is 1. The molecule has 5 nitrogen and oxygen atoms in total. The topological polar surface area (TPSA) is 73.2 Å². The molecule has 0 aliphatic carbocycles. The van der Waals surface area contributed by atoms with E-state index in [9.17, 15) is 0 Å². The molecule has 0 amide bonds. The molecule has 2 aromatic rings. The summed E-state index contributed by atoms with van der Waals surface area (Å²) in [6.45, 7) is 0.381. The third-order valence-electron chi connectivity index (χ3n) is 2.52. The van der Waals surface area contributed by atoms with Crippen LogP contribution in [0.4, 0.5) is 0 Å². The van der Waals surface area contributed by atoms with Gasteiger partial charge in [0, 0.05) is 5.56 Å². The average Bonchev–Trinajstić information content (AvgIpc) is 2.86. The van der Waals surface area contributed by atoms with Gasteiger partial charge in [0.25, 0.3) is 0 Å². The number of benzene rings is 1. The number of imidazole rings is 1. The fraction of sp³-hybridized carbons (Fsp3) is 0.250. The first-order valence-electron chi connectivity index (χ1n) is 5.25. The van der Waals surface area contributed by atoms with Crippen LogP contribution in [0.1, 0.15) is 5.82 Å². The summed E-state index contributed by atoms with van der Waals surface area (Å²) in [5.74, 6) is 2.27. The molecule has 90 valence electrons. The molecule has 1 aromatic carbocycles. The number of nitrogens with two attached hydrogens (primary N) is 1. The first-order chi connectivity index (χ1) is 8.28. The fourth-order valence-electron chi connectivity index (χ4n) is 1.63. The van der Waals surface area contributed by atoms with Gasteiger partial charge >= 0.3 is 0 Å². The normalized spacial score (nSPS) is 10.3. The van der Waals surface area contributed by atoms with Gasteiger partial charge in [-0.15, -0.1) is 0 Å².